The first-order valence-corrected chi connectivity index (χ1v) is 25.6. The van der Waals surface area contributed by atoms with Crippen molar-refractivity contribution in [2.75, 3.05) is 59.0 Å². The molecule has 0 aliphatic carbocycles. The predicted octanol–water partition coefficient (Wildman–Crippen LogP) is 9.80. The zero-order chi connectivity index (χ0) is 44.2. The zero-order valence-corrected chi connectivity index (χ0v) is 38.8. The molecule has 0 aliphatic heterocycles. The Kier molecular flexibility index (Phi) is 14.0. The number of thioether (sulfide) groups is 1. The van der Waals surface area contributed by atoms with Crippen molar-refractivity contribution in [3.8, 4) is 0 Å². The molecule has 7 rings (SSSR count). The van der Waals surface area contributed by atoms with Gasteiger partial charge in [0.15, 0.2) is 15.2 Å². The number of azo groups is 2. The summed E-state index contributed by atoms with van der Waals surface area (Å²) < 4.78 is 74.3. The number of thiophene rings is 2. The highest BCUT2D eigenvalue weighted by atomic mass is 32.3. The van der Waals surface area contributed by atoms with Crippen LogP contribution in [0.25, 0.3) is 20.4 Å². The highest BCUT2D eigenvalue weighted by Gasteiger charge is 2.21. The molecule has 0 aliphatic rings. The van der Waals surface area contributed by atoms with Gasteiger partial charge in [-0.05, 0) is 99.3 Å². The average Bonchev–Trinajstić information content (AvgIpc) is 4.03. The largest absolute Gasteiger partial charge is 0.396 e. The molecule has 0 unspecified atom stereocenters. The maximum absolute atomic E-state index is 11.8. The summed E-state index contributed by atoms with van der Waals surface area (Å²) >= 11 is 4.95. The molecule has 2 aromatic carbocycles. The number of fused-ring (bicyclic) bond motifs is 2. The normalized spacial score (nSPS) is 12.4. The number of hydrogen-bond donors (Lipinski definition) is 5. The van der Waals surface area contributed by atoms with E-state index in [4.69, 9.17) is 4.98 Å². The maximum Gasteiger partial charge on any atom is 0.304 e. The molecule has 62 heavy (non-hydrogen) atoms. The van der Waals surface area contributed by atoms with Gasteiger partial charge in [-0.15, -0.1) is 43.1 Å². The van der Waals surface area contributed by atoms with Crippen molar-refractivity contribution in [3.63, 3.8) is 0 Å². The Morgan fingerprint density at radius 2 is 1.08 bits per heavy atom. The summed E-state index contributed by atoms with van der Waals surface area (Å²) in [5, 5.41) is 36.0. The van der Waals surface area contributed by atoms with Gasteiger partial charge in [0.1, 0.15) is 29.5 Å². The summed E-state index contributed by atoms with van der Waals surface area (Å²) in [6, 6.07) is 13.8. The van der Waals surface area contributed by atoms with Crippen molar-refractivity contribution in [2.45, 2.75) is 41.3 Å². The van der Waals surface area contributed by atoms with Gasteiger partial charge < -0.3 is 25.5 Å². The van der Waals surface area contributed by atoms with Crippen LogP contribution in [0.1, 0.15) is 27.7 Å². The van der Waals surface area contributed by atoms with Gasteiger partial charge in [-0.2, -0.15) is 40.5 Å². The van der Waals surface area contributed by atoms with E-state index in [1.807, 2.05) is 52.0 Å². The van der Waals surface area contributed by atoms with Gasteiger partial charge in [0.2, 0.25) is 11.9 Å². The van der Waals surface area contributed by atoms with Crippen LogP contribution in [0.3, 0.4) is 0 Å². The van der Waals surface area contributed by atoms with Crippen LogP contribution in [0, 0.1) is 0 Å². The van der Waals surface area contributed by atoms with Crippen LogP contribution >= 0.6 is 57.5 Å². The smallest absolute Gasteiger partial charge is 0.304 e. The van der Waals surface area contributed by atoms with Crippen molar-refractivity contribution < 1.29 is 31.0 Å². The number of aliphatic hydroxyl groups excluding tert-OH is 1. The topological polar surface area (TPSA) is 273 Å². The van der Waals surface area contributed by atoms with E-state index in [2.05, 4.69) is 59.6 Å². The number of aromatic nitrogens is 5. The van der Waals surface area contributed by atoms with Crippen molar-refractivity contribution in [1.82, 2.24) is 23.7 Å². The Hall–Kier alpha value is -4.84. The third kappa shape index (κ3) is 10.3. The third-order valence-corrected chi connectivity index (χ3v) is 16.1. The molecule has 0 amide bonds. The third-order valence-electron chi connectivity index (χ3n) is 8.92. The van der Waals surface area contributed by atoms with Crippen LogP contribution in [0.15, 0.2) is 82.6 Å². The molecular weight excluding hydrogens is 939 g/mol. The van der Waals surface area contributed by atoms with Crippen LogP contribution in [-0.2, 0) is 20.2 Å². The number of benzene rings is 2. The molecule has 5 N–H and O–H groups in total. The lowest BCUT2D eigenvalue weighted by Gasteiger charge is -2.22. The molecule has 7 aromatic rings. The molecule has 0 atom stereocenters. The first kappa shape index (κ1) is 45.2. The van der Waals surface area contributed by atoms with E-state index in [1.54, 1.807) is 12.1 Å². The number of aliphatic hydroxyl groups is 1. The fourth-order valence-corrected chi connectivity index (χ4v) is 11.5. The second-order valence-corrected chi connectivity index (χ2v) is 20.7. The fraction of sp³-hybridized carbons (Fsp3) is 0.286. The number of rotatable bonds is 19. The van der Waals surface area contributed by atoms with Gasteiger partial charge in [0.25, 0.3) is 0 Å². The standard InChI is InChI=1S/C35H37N13O7S7/c1-5-47(6-2)19-9-11-23(41-43-29-21-17-27(61(50,51)52)57-31(21)45-59-29)25(15-19)36-33-38-34(40-35(39-33)56-14-13-49)37-26-16-20(48(7-3)8-4)10-12-24(26)42-44-30-22-18-28(62(53,54)55)58-32(22)46-60-30/h9-12,15-18,49H,5-8,13-14H2,1-4H3,(H,50,51,52)(H,53,54,55)(H2,36,37,38,39,40). The van der Waals surface area contributed by atoms with Gasteiger partial charge >= 0.3 is 20.2 Å². The summed E-state index contributed by atoms with van der Waals surface area (Å²) in [5.41, 5.74) is 3.53. The van der Waals surface area contributed by atoms with Crippen molar-refractivity contribution in [2.24, 2.45) is 20.5 Å². The molecule has 0 radical (unpaired) electrons. The second kappa shape index (κ2) is 19.3. The van der Waals surface area contributed by atoms with Crippen molar-refractivity contribution in [3.05, 3.63) is 48.5 Å². The number of nitrogens with one attached hydrogen (secondary N) is 2. The summed E-state index contributed by atoms with van der Waals surface area (Å²) in [7, 11) is -8.85. The summed E-state index contributed by atoms with van der Waals surface area (Å²) in [5.74, 6) is 0.566. The minimum atomic E-state index is -4.43. The van der Waals surface area contributed by atoms with Gasteiger partial charge in [-0.3, -0.25) is 9.11 Å². The summed E-state index contributed by atoms with van der Waals surface area (Å²) in [6.45, 7) is 10.9. The minimum Gasteiger partial charge on any atom is -0.396 e. The predicted molar refractivity (Wildman–Crippen MR) is 247 cm³/mol. The Bertz CT molecular complexity index is 2820. The summed E-state index contributed by atoms with van der Waals surface area (Å²) in [6.07, 6.45) is 0. The molecule has 0 saturated heterocycles. The Morgan fingerprint density at radius 1 is 0.645 bits per heavy atom. The average molecular weight is 976 g/mol. The highest BCUT2D eigenvalue weighted by molar-refractivity contribution is 7.99. The highest BCUT2D eigenvalue weighted by Crippen LogP contribution is 2.42. The van der Waals surface area contributed by atoms with E-state index in [0.717, 1.165) is 83.3 Å². The molecule has 0 spiro atoms. The molecule has 0 bridgehead atoms. The van der Waals surface area contributed by atoms with Crippen LogP contribution in [0.4, 0.5) is 56.0 Å². The van der Waals surface area contributed by atoms with E-state index in [9.17, 15) is 31.0 Å². The van der Waals surface area contributed by atoms with Gasteiger partial charge in [0, 0.05) is 43.3 Å². The van der Waals surface area contributed by atoms with Crippen LogP contribution in [0.5, 0.6) is 0 Å². The van der Waals surface area contributed by atoms with E-state index in [-0.39, 0.29) is 26.9 Å². The van der Waals surface area contributed by atoms with Gasteiger partial charge in [-0.1, -0.05) is 11.8 Å². The molecule has 5 heterocycles. The Labute approximate surface area is 375 Å². The van der Waals surface area contributed by atoms with Crippen LogP contribution in [-0.4, -0.2) is 93.3 Å². The first-order chi connectivity index (χ1) is 29.7. The van der Waals surface area contributed by atoms with Crippen molar-refractivity contribution >= 4 is 154 Å². The Balaban J connectivity index is 1.27. The van der Waals surface area contributed by atoms with Crippen LogP contribution < -0.4 is 20.4 Å². The SMILES string of the molecule is CCN(CC)c1ccc(N=Nc2snc3sc(S(=O)(=O)O)cc23)c(Nc2nc(Nc3cc(N(CC)CC)ccc3N=Nc3snc4sc(S(=O)(=O)O)cc34)nc(SCCO)n2)c1. The van der Waals surface area contributed by atoms with Gasteiger partial charge in [0.05, 0.1) is 28.8 Å². The van der Waals surface area contributed by atoms with Crippen LogP contribution in [0.2, 0.25) is 0 Å². The van der Waals surface area contributed by atoms with E-state index in [0.29, 0.717) is 64.1 Å². The van der Waals surface area contributed by atoms with Crippen molar-refractivity contribution in [1.29, 1.82) is 0 Å². The first-order valence-electron chi connectivity index (χ1n) is 18.6. The second-order valence-electron chi connectivity index (χ2n) is 12.7. The maximum atomic E-state index is 11.8. The molecule has 0 fully saturated rings. The molecule has 27 heteroatoms. The zero-order valence-electron chi connectivity index (χ0n) is 33.1. The van der Waals surface area contributed by atoms with E-state index < -0.39 is 20.2 Å². The lowest BCUT2D eigenvalue weighted by Crippen LogP contribution is -2.21. The number of nitrogens with zero attached hydrogens (tertiary/aromatic N) is 11. The molecular formula is C35H37N13O7S7. The van der Waals surface area contributed by atoms with E-state index >= 15 is 0 Å². The van der Waals surface area contributed by atoms with E-state index in [1.165, 1.54) is 23.9 Å². The minimum absolute atomic E-state index is 0.129. The molecule has 326 valence electrons. The Morgan fingerprint density at radius 3 is 1.47 bits per heavy atom. The lowest BCUT2D eigenvalue weighted by atomic mass is 10.2. The number of hydrogen-bond acceptors (Lipinski definition) is 23. The summed E-state index contributed by atoms with van der Waals surface area (Å²) in [4.78, 5) is 19.1. The molecule has 0 saturated carbocycles. The molecule has 5 aromatic heterocycles. The molecule has 20 nitrogen and oxygen atoms in total. The quantitative estimate of drug-likeness (QED) is 0.0286. The monoisotopic (exact) mass is 975 g/mol. The van der Waals surface area contributed by atoms with Gasteiger partial charge in [-0.25, -0.2) is 0 Å². The fourth-order valence-electron chi connectivity index (χ4n) is 5.93. The lowest BCUT2D eigenvalue weighted by molar-refractivity contribution is 0.322. The number of anilines is 6.